The van der Waals surface area contributed by atoms with Crippen molar-refractivity contribution in [2.75, 3.05) is 12.3 Å². The van der Waals surface area contributed by atoms with E-state index in [1.54, 1.807) is 0 Å². The summed E-state index contributed by atoms with van der Waals surface area (Å²) in [5.41, 5.74) is 0. The van der Waals surface area contributed by atoms with Gasteiger partial charge in [0, 0.05) is 30.4 Å². The minimum atomic E-state index is -4.26. The van der Waals surface area contributed by atoms with Gasteiger partial charge in [-0.2, -0.15) is 11.8 Å². The summed E-state index contributed by atoms with van der Waals surface area (Å²) >= 11 is 1.85. The predicted octanol–water partition coefficient (Wildman–Crippen LogP) is -1.69. The van der Waals surface area contributed by atoms with Crippen LogP contribution in [-0.4, -0.2) is 83.3 Å². The zero-order chi connectivity index (χ0) is 25.6. The summed E-state index contributed by atoms with van der Waals surface area (Å²) < 4.78 is 27.5. The minimum Gasteiger partial charge on any atom is -1.00 e. The molecule has 3 saturated heterocycles. The Morgan fingerprint density at radius 2 is 1.81 bits per heavy atom. The number of amides is 5. The fourth-order valence-electron chi connectivity index (χ4n) is 4.23. The van der Waals surface area contributed by atoms with Gasteiger partial charge in [0.1, 0.15) is 5.25 Å². The molecule has 3 fully saturated rings. The molecule has 3 rings (SSSR count). The van der Waals surface area contributed by atoms with E-state index in [2.05, 4.69) is 16.0 Å². The molecule has 3 aliphatic heterocycles. The van der Waals surface area contributed by atoms with Crippen LogP contribution in [0.25, 0.3) is 0 Å². The average Bonchev–Trinajstić information content (AvgIpc) is 3.41. The van der Waals surface area contributed by atoms with E-state index in [-0.39, 0.29) is 66.5 Å². The zero-order valence-electron chi connectivity index (χ0n) is 21.1. The first kappa shape index (κ1) is 31.1. The number of fused-ring (bicyclic) bond motifs is 1. The Balaban J connectivity index is 0.00000342. The maximum absolute atomic E-state index is 12.0. The molecule has 2 unspecified atom stereocenters. The summed E-state index contributed by atoms with van der Waals surface area (Å²) in [6.45, 7) is 0.465. The molecule has 0 spiro atoms. The molecule has 0 aromatic heterocycles. The molecule has 16 heteroatoms. The summed E-state index contributed by atoms with van der Waals surface area (Å²) in [5.74, 6) is -2.04. The fourth-order valence-corrected chi connectivity index (χ4v) is 6.51. The molecule has 0 aromatic rings. The third-order valence-electron chi connectivity index (χ3n) is 6.10. The van der Waals surface area contributed by atoms with Crippen molar-refractivity contribution in [3.8, 4) is 0 Å². The topological polar surface area (TPSA) is 195 Å². The Morgan fingerprint density at radius 1 is 1.08 bits per heavy atom. The summed E-state index contributed by atoms with van der Waals surface area (Å²) in [4.78, 5) is 63.6. The van der Waals surface area contributed by atoms with Crippen molar-refractivity contribution in [2.45, 2.75) is 80.4 Å². The van der Waals surface area contributed by atoms with Crippen LogP contribution in [0.15, 0.2) is 0 Å². The first-order valence-corrected chi connectivity index (χ1v) is 14.2. The Bertz CT molecular complexity index is 851. The number of imide groups is 1. The SMILES string of the molecule is O=C(CCCCC1SC[C@@H]2NC(=O)N[C@H]12)NCCCCCC(=O)ON1C(=O)CC(S(O)(O)O)C1=O.[H-].[Na+]. The van der Waals surface area contributed by atoms with Gasteiger partial charge in [-0.05, 0) is 25.7 Å². The number of carbonyl (C=O) groups is 5. The van der Waals surface area contributed by atoms with Gasteiger partial charge in [-0.15, -0.1) is 5.06 Å². The van der Waals surface area contributed by atoms with Gasteiger partial charge in [0.25, 0.3) is 11.8 Å². The van der Waals surface area contributed by atoms with Gasteiger partial charge in [-0.3, -0.25) is 14.4 Å². The largest absolute Gasteiger partial charge is 1.00 e. The molecule has 0 saturated carbocycles. The predicted molar refractivity (Wildman–Crippen MR) is 128 cm³/mol. The van der Waals surface area contributed by atoms with Gasteiger partial charge in [0.15, 0.2) is 0 Å². The standard InChI is InChI=1S/C20H32N4O9S2.Na.H/c25-15(7-4-3-6-13-18-12(11-34-13)22-20(29)23-18)21-9-5-1-2-8-17(27)33-24-16(26)10-14(19(24)28)35(30,31)32;;/h12-14,18,30-32H,1-11H2,(H,21,25)(H2,22,23,29);;/q;+1;-1/t12-,13?,14?,18-;;/m0../s1. The van der Waals surface area contributed by atoms with Crippen molar-refractivity contribution in [3.05, 3.63) is 0 Å². The summed E-state index contributed by atoms with van der Waals surface area (Å²) in [7, 11) is -4.26. The number of hydrogen-bond acceptors (Lipinski definition) is 10. The van der Waals surface area contributed by atoms with Gasteiger partial charge in [0.2, 0.25) is 5.91 Å². The zero-order valence-corrected chi connectivity index (χ0v) is 23.8. The Hall–Kier alpha value is -1.07. The average molecular weight is 561 g/mol. The van der Waals surface area contributed by atoms with Crippen molar-refractivity contribution >= 4 is 52.4 Å². The number of thioether (sulfide) groups is 1. The number of carbonyl (C=O) groups excluding carboxylic acids is 5. The van der Waals surface area contributed by atoms with Crippen molar-refractivity contribution in [1.29, 1.82) is 0 Å². The van der Waals surface area contributed by atoms with Crippen LogP contribution in [0, 0.1) is 0 Å². The van der Waals surface area contributed by atoms with Crippen LogP contribution in [0.5, 0.6) is 0 Å². The van der Waals surface area contributed by atoms with E-state index < -0.39 is 40.3 Å². The first-order valence-electron chi connectivity index (χ1n) is 11.6. The molecular weight excluding hydrogens is 527 g/mol. The third kappa shape index (κ3) is 8.75. The molecule has 3 heterocycles. The van der Waals surface area contributed by atoms with Crippen LogP contribution < -0.4 is 45.5 Å². The summed E-state index contributed by atoms with van der Waals surface area (Å²) in [5, 5.41) is 7.53. The second-order valence-electron chi connectivity index (χ2n) is 8.77. The summed E-state index contributed by atoms with van der Waals surface area (Å²) in [6, 6.07) is 0.278. The second-order valence-corrected chi connectivity index (χ2v) is 11.7. The van der Waals surface area contributed by atoms with Crippen molar-refractivity contribution in [1.82, 2.24) is 21.0 Å². The smallest absolute Gasteiger partial charge is 1.00 e. The monoisotopic (exact) mass is 560 g/mol. The van der Waals surface area contributed by atoms with E-state index in [0.29, 0.717) is 37.5 Å². The first-order chi connectivity index (χ1) is 16.6. The van der Waals surface area contributed by atoms with Crippen LogP contribution >= 0.6 is 22.6 Å². The Morgan fingerprint density at radius 3 is 2.50 bits per heavy atom. The fraction of sp³-hybridized carbons (Fsp3) is 0.750. The molecule has 36 heavy (non-hydrogen) atoms. The molecule has 0 aliphatic carbocycles. The van der Waals surface area contributed by atoms with E-state index in [1.807, 2.05) is 11.8 Å². The van der Waals surface area contributed by atoms with Crippen LogP contribution in [-0.2, 0) is 24.0 Å². The van der Waals surface area contributed by atoms with E-state index in [0.717, 1.165) is 25.0 Å². The molecule has 4 atom stereocenters. The van der Waals surface area contributed by atoms with Crippen molar-refractivity contribution in [2.24, 2.45) is 0 Å². The van der Waals surface area contributed by atoms with Gasteiger partial charge < -0.3 is 35.9 Å². The van der Waals surface area contributed by atoms with E-state index in [1.165, 1.54) is 0 Å². The molecule has 3 aliphatic rings. The van der Waals surface area contributed by atoms with Crippen LogP contribution in [0.4, 0.5) is 4.79 Å². The van der Waals surface area contributed by atoms with Gasteiger partial charge in [-0.1, -0.05) is 12.8 Å². The quantitative estimate of drug-likeness (QED) is 0.0655. The number of rotatable bonds is 13. The van der Waals surface area contributed by atoms with Crippen LogP contribution in [0.2, 0.25) is 0 Å². The summed E-state index contributed by atoms with van der Waals surface area (Å²) in [6.07, 6.45) is 4.01. The molecule has 0 radical (unpaired) electrons. The number of hydroxylamine groups is 2. The normalized spacial score (nSPS) is 25.6. The van der Waals surface area contributed by atoms with E-state index in [4.69, 9.17) is 4.84 Å². The van der Waals surface area contributed by atoms with Crippen LogP contribution in [0.1, 0.15) is 59.2 Å². The van der Waals surface area contributed by atoms with E-state index >= 15 is 0 Å². The molecule has 0 bridgehead atoms. The molecular formula is C20H33N4NaO9S2. The number of hydrogen-bond donors (Lipinski definition) is 6. The number of urea groups is 1. The maximum atomic E-state index is 12.0. The number of nitrogens with one attached hydrogen (secondary N) is 3. The van der Waals surface area contributed by atoms with Crippen molar-refractivity contribution < 1.29 is 73.5 Å². The Kier molecular flexibility index (Phi) is 12.3. The molecule has 13 nitrogen and oxygen atoms in total. The van der Waals surface area contributed by atoms with E-state index in [9.17, 15) is 37.6 Å². The Labute approximate surface area is 238 Å². The second kappa shape index (κ2) is 14.2. The molecule has 200 valence electrons. The third-order valence-corrected chi connectivity index (χ3v) is 8.74. The van der Waals surface area contributed by atoms with Gasteiger partial charge in [-0.25, -0.2) is 9.59 Å². The molecule has 6 N–H and O–H groups in total. The molecule has 5 amide bonds. The van der Waals surface area contributed by atoms with Gasteiger partial charge in [0.05, 0.1) is 29.4 Å². The van der Waals surface area contributed by atoms with Crippen molar-refractivity contribution in [3.63, 3.8) is 0 Å². The van der Waals surface area contributed by atoms with Gasteiger partial charge >= 0.3 is 41.6 Å². The number of unbranched alkanes of at least 4 members (excludes halogenated alkanes) is 3. The van der Waals surface area contributed by atoms with Crippen LogP contribution in [0.3, 0.4) is 0 Å². The maximum Gasteiger partial charge on any atom is 1.00 e. The number of nitrogens with zero attached hydrogens (tertiary/aromatic N) is 1. The minimum absolute atomic E-state index is 0. The molecule has 0 aromatic carbocycles.